The van der Waals surface area contributed by atoms with Gasteiger partial charge in [0.1, 0.15) is 29.6 Å². The molecule has 0 unspecified atom stereocenters. The van der Waals surface area contributed by atoms with Gasteiger partial charge in [-0.15, -0.1) is 5.10 Å². The maximum atomic E-state index is 12.4. The number of aromatic nitrogens is 7. The van der Waals surface area contributed by atoms with Crippen molar-refractivity contribution >= 4 is 33.2 Å². The van der Waals surface area contributed by atoms with Gasteiger partial charge in [-0.05, 0) is 25.0 Å². The number of nitrogens with two attached hydrogens (primary N) is 1. The third-order valence-electron chi connectivity index (χ3n) is 7.08. The van der Waals surface area contributed by atoms with Crippen LogP contribution < -0.4 is 10.5 Å². The Labute approximate surface area is 251 Å². The van der Waals surface area contributed by atoms with Crippen molar-refractivity contribution in [2.24, 2.45) is 0 Å². The van der Waals surface area contributed by atoms with Gasteiger partial charge in [0.25, 0.3) is 11.9 Å². The average molecular weight is 632 g/mol. The van der Waals surface area contributed by atoms with Crippen LogP contribution in [0.3, 0.4) is 0 Å². The number of imidazole rings is 1. The number of hydrogen-bond donors (Lipinski definition) is 5. The van der Waals surface area contributed by atoms with Crippen LogP contribution in [-0.4, -0.2) is 89.1 Å². The Morgan fingerprint density at radius 2 is 1.91 bits per heavy atom. The van der Waals surface area contributed by atoms with Crippen LogP contribution in [0.1, 0.15) is 61.3 Å². The highest BCUT2D eigenvalue weighted by atomic mass is 32.2. The number of para-hydroxylation sites is 1. The van der Waals surface area contributed by atoms with Gasteiger partial charge in [0.05, 0.1) is 30.4 Å². The number of fused-ring (bicyclic) bond motifs is 1. The number of aliphatic hydroxyl groups is 2. The zero-order chi connectivity index (χ0) is 31.4. The molecule has 0 radical (unpaired) electrons. The normalized spacial score (nSPS) is 20.3. The lowest BCUT2D eigenvalue weighted by molar-refractivity contribution is -0.0468. The van der Waals surface area contributed by atoms with E-state index in [-0.39, 0.29) is 28.5 Å². The molecule has 0 bridgehead atoms. The molecule has 6 N–H and O–H groups in total. The lowest BCUT2D eigenvalue weighted by Gasteiger charge is -2.16. The largest absolute Gasteiger partial charge is 0.507 e. The van der Waals surface area contributed by atoms with E-state index in [1.165, 1.54) is 46.3 Å². The van der Waals surface area contributed by atoms with Gasteiger partial charge < -0.3 is 25.8 Å². The summed E-state index contributed by atoms with van der Waals surface area (Å²) in [4.78, 5) is 25.2. The Hall–Kier alpha value is -4.23. The highest BCUT2D eigenvalue weighted by molar-refractivity contribution is 7.85. The number of phenols is 1. The number of nitrogens with one attached hydrogen (secondary N) is 1. The van der Waals surface area contributed by atoms with Crippen molar-refractivity contribution in [3.05, 3.63) is 48.0 Å². The third-order valence-corrected chi connectivity index (χ3v) is 7.97. The predicted molar refractivity (Wildman–Crippen MR) is 153 cm³/mol. The Bertz CT molecular complexity index is 1730. The van der Waals surface area contributed by atoms with Crippen LogP contribution in [0.4, 0.5) is 5.82 Å². The van der Waals surface area contributed by atoms with Gasteiger partial charge in [-0.3, -0.25) is 13.5 Å². The molecule has 0 spiro atoms. The summed E-state index contributed by atoms with van der Waals surface area (Å²) in [6, 6.07) is 5.34. The van der Waals surface area contributed by atoms with Crippen LogP contribution in [0, 0.1) is 0 Å². The Kier molecular flexibility index (Phi) is 9.35. The molecule has 4 aromatic rings. The molecular formula is C26H33N9O8S. The Morgan fingerprint density at radius 3 is 2.68 bits per heavy atom. The topological polar surface area (TPSA) is 243 Å². The van der Waals surface area contributed by atoms with Crippen LogP contribution in [0.15, 0.2) is 36.8 Å². The molecule has 18 heteroatoms. The summed E-state index contributed by atoms with van der Waals surface area (Å²) in [7, 11) is -4.69. The quantitative estimate of drug-likeness (QED) is 0.126. The van der Waals surface area contributed by atoms with Crippen LogP contribution in [-0.2, 0) is 25.6 Å². The number of nitrogen functional groups attached to an aromatic ring is 1. The molecule has 4 atom stereocenters. The number of aryl methyl sites for hydroxylation is 1. The number of amides is 1. The minimum atomic E-state index is -4.69. The lowest BCUT2D eigenvalue weighted by Crippen LogP contribution is -2.37. The predicted octanol–water partition coefficient (Wildman–Crippen LogP) is 0.518. The fourth-order valence-corrected chi connectivity index (χ4v) is 5.46. The summed E-state index contributed by atoms with van der Waals surface area (Å²) in [6.45, 7) is 1.40. The lowest BCUT2D eigenvalue weighted by atomic mass is 10.1. The van der Waals surface area contributed by atoms with Crippen molar-refractivity contribution in [3.63, 3.8) is 0 Å². The summed E-state index contributed by atoms with van der Waals surface area (Å²) in [5, 5.41) is 39.5. The molecule has 1 aliphatic rings. The van der Waals surface area contributed by atoms with E-state index in [1.54, 1.807) is 10.9 Å². The zero-order valence-electron chi connectivity index (χ0n) is 23.7. The van der Waals surface area contributed by atoms with E-state index in [2.05, 4.69) is 32.2 Å². The monoisotopic (exact) mass is 631 g/mol. The molecule has 0 saturated carbocycles. The number of rotatable bonds is 13. The molecule has 4 heterocycles. The van der Waals surface area contributed by atoms with E-state index in [4.69, 9.17) is 14.7 Å². The van der Waals surface area contributed by atoms with Crippen LogP contribution in [0.2, 0.25) is 0 Å². The smallest absolute Gasteiger partial charge is 0.362 e. The summed E-state index contributed by atoms with van der Waals surface area (Å²) >= 11 is 0. The van der Waals surface area contributed by atoms with Gasteiger partial charge in [0.15, 0.2) is 17.7 Å². The number of phenolic OH excluding ortho intramolecular Hbond substituents is 1. The van der Waals surface area contributed by atoms with Gasteiger partial charge in [-0.2, -0.15) is 23.1 Å². The van der Waals surface area contributed by atoms with Crippen LogP contribution >= 0.6 is 0 Å². The SMILES string of the molecule is CCCCCCCc1cn(-c2nc(N)c3ncn([C@@H]4O[C@H](COS(=O)(=O)NC(=O)c5ccccc5O)[C@@H](O)[C@H]4O)c3n2)nn1. The van der Waals surface area contributed by atoms with E-state index in [0.29, 0.717) is 0 Å². The Balaban J connectivity index is 1.27. The molecule has 1 fully saturated rings. The average Bonchev–Trinajstić information content (AvgIpc) is 3.70. The fourth-order valence-electron chi connectivity index (χ4n) is 4.75. The molecule has 17 nitrogen and oxygen atoms in total. The van der Waals surface area contributed by atoms with E-state index in [9.17, 15) is 28.5 Å². The van der Waals surface area contributed by atoms with Crippen molar-refractivity contribution in [1.82, 2.24) is 39.2 Å². The van der Waals surface area contributed by atoms with Gasteiger partial charge in [-0.1, -0.05) is 50.0 Å². The van der Waals surface area contributed by atoms with Crippen LogP contribution in [0.5, 0.6) is 5.75 Å². The van der Waals surface area contributed by atoms with Gasteiger partial charge >= 0.3 is 10.3 Å². The summed E-state index contributed by atoms with van der Waals surface area (Å²) in [5.41, 5.74) is 6.97. The van der Waals surface area contributed by atoms with E-state index in [0.717, 1.165) is 37.8 Å². The van der Waals surface area contributed by atoms with E-state index in [1.807, 2.05) is 0 Å². The third kappa shape index (κ3) is 6.78. The van der Waals surface area contributed by atoms with Crippen molar-refractivity contribution < 1.29 is 37.5 Å². The first-order valence-corrected chi connectivity index (χ1v) is 15.4. The molecule has 5 rings (SSSR count). The molecule has 0 aliphatic carbocycles. The molecule has 44 heavy (non-hydrogen) atoms. The maximum Gasteiger partial charge on any atom is 0.362 e. The molecular weight excluding hydrogens is 598 g/mol. The number of anilines is 1. The molecule has 1 aromatic carbocycles. The highest BCUT2D eigenvalue weighted by Crippen LogP contribution is 2.32. The number of carbonyl (C=O) groups is 1. The minimum absolute atomic E-state index is 0.0274. The maximum absolute atomic E-state index is 12.4. The number of nitrogens with zero attached hydrogens (tertiary/aromatic N) is 7. The summed E-state index contributed by atoms with van der Waals surface area (Å²) in [5.74, 6) is -1.43. The van der Waals surface area contributed by atoms with Gasteiger partial charge in [0, 0.05) is 0 Å². The zero-order valence-corrected chi connectivity index (χ0v) is 24.5. The molecule has 3 aromatic heterocycles. The minimum Gasteiger partial charge on any atom is -0.507 e. The number of aliphatic hydroxyl groups excluding tert-OH is 2. The van der Waals surface area contributed by atoms with Crippen molar-refractivity contribution in [2.45, 2.75) is 70.0 Å². The number of aromatic hydroxyl groups is 1. The first-order valence-electron chi connectivity index (χ1n) is 14.0. The van der Waals surface area contributed by atoms with Gasteiger partial charge in [0.2, 0.25) is 0 Å². The van der Waals surface area contributed by atoms with Crippen molar-refractivity contribution in [3.8, 4) is 11.7 Å². The first kappa shape index (κ1) is 31.2. The first-order chi connectivity index (χ1) is 21.1. The molecule has 1 saturated heterocycles. The van der Waals surface area contributed by atoms with E-state index >= 15 is 0 Å². The number of ether oxygens (including phenoxy) is 1. The van der Waals surface area contributed by atoms with Gasteiger partial charge in [-0.25, -0.2) is 9.71 Å². The number of carbonyl (C=O) groups excluding carboxylic acids is 1. The second-order valence-electron chi connectivity index (χ2n) is 10.3. The second kappa shape index (κ2) is 13.2. The molecule has 1 amide bonds. The standard InChI is InChI=1S/C26H33N9O8S/c1-2-3-4-5-6-9-15-12-35(33-31-15)26-29-22(27)19-23(30-26)34(14-28-19)25-21(38)20(37)18(43-25)13-42-44(40,41)32-24(39)16-10-7-8-11-17(16)36/h7-8,10-12,14,18,20-21,25,36-38H,2-6,9,13H2,1H3,(H,32,39)(H2,27,29,30)/t18-,20-,21-,25-/m1/s1. The summed E-state index contributed by atoms with van der Waals surface area (Å²) in [6.07, 6.45) is 3.58. The number of benzene rings is 1. The number of hydrogen-bond acceptors (Lipinski definition) is 14. The van der Waals surface area contributed by atoms with E-state index < -0.39 is 53.1 Å². The summed E-state index contributed by atoms with van der Waals surface area (Å²) < 4.78 is 39.7. The van der Waals surface area contributed by atoms with Crippen molar-refractivity contribution in [2.75, 3.05) is 12.3 Å². The van der Waals surface area contributed by atoms with Crippen molar-refractivity contribution in [1.29, 1.82) is 0 Å². The molecule has 236 valence electrons. The van der Waals surface area contributed by atoms with Crippen LogP contribution in [0.25, 0.3) is 17.1 Å². The second-order valence-corrected chi connectivity index (χ2v) is 11.6. The Morgan fingerprint density at radius 1 is 1.14 bits per heavy atom. The highest BCUT2D eigenvalue weighted by Gasteiger charge is 2.45. The fraction of sp³-hybridized carbons (Fsp3) is 0.462. The molecule has 1 aliphatic heterocycles. The number of unbranched alkanes of at least 4 members (excludes halogenated alkanes) is 4.